The van der Waals surface area contributed by atoms with Crippen molar-refractivity contribution >= 4 is 35.1 Å². The Hall–Kier alpha value is -4.23. The van der Waals surface area contributed by atoms with Gasteiger partial charge in [-0.3, -0.25) is 14.9 Å². The monoisotopic (exact) mass is 461 g/mol. The van der Waals surface area contributed by atoms with E-state index in [1.165, 1.54) is 19.3 Å². The first-order valence-electron chi connectivity index (χ1n) is 9.65. The van der Waals surface area contributed by atoms with Gasteiger partial charge in [-0.1, -0.05) is 18.2 Å². The van der Waals surface area contributed by atoms with Gasteiger partial charge in [-0.2, -0.15) is 5.26 Å². The molecule has 33 heavy (non-hydrogen) atoms. The van der Waals surface area contributed by atoms with E-state index in [2.05, 4.69) is 15.3 Å². The van der Waals surface area contributed by atoms with E-state index in [1.54, 1.807) is 36.4 Å². The van der Waals surface area contributed by atoms with E-state index < -0.39 is 10.8 Å². The average molecular weight is 462 g/mol. The standard InChI is InChI=1S/C23H19N5O4S/c1-14-10-15(2)26-23(25-14)33-21-9-8-16(12-19(21)28(30)31)11-17(13-24)22(29)27-18-6-4-5-7-20(18)32-3/h4-12H,1-3H3,(H,27,29)/b17-11+. The van der Waals surface area contributed by atoms with Crippen molar-refractivity contribution in [2.75, 3.05) is 12.4 Å². The number of para-hydroxylation sites is 2. The number of nitro benzene ring substituents is 1. The van der Waals surface area contributed by atoms with E-state index in [1.807, 2.05) is 26.0 Å². The van der Waals surface area contributed by atoms with Gasteiger partial charge >= 0.3 is 0 Å². The number of carbonyl (C=O) groups is 1. The van der Waals surface area contributed by atoms with Crippen LogP contribution in [-0.2, 0) is 4.79 Å². The highest BCUT2D eigenvalue weighted by atomic mass is 32.2. The first-order valence-corrected chi connectivity index (χ1v) is 10.5. The van der Waals surface area contributed by atoms with Gasteiger partial charge < -0.3 is 10.1 Å². The molecule has 9 nitrogen and oxygen atoms in total. The van der Waals surface area contributed by atoms with Gasteiger partial charge in [0.2, 0.25) is 0 Å². The average Bonchev–Trinajstić information content (AvgIpc) is 2.77. The van der Waals surface area contributed by atoms with Gasteiger partial charge in [0.1, 0.15) is 17.4 Å². The molecule has 166 valence electrons. The third-order valence-corrected chi connectivity index (χ3v) is 5.30. The maximum Gasteiger partial charge on any atom is 0.283 e. The zero-order valence-corrected chi connectivity index (χ0v) is 18.8. The van der Waals surface area contributed by atoms with E-state index in [9.17, 15) is 20.2 Å². The van der Waals surface area contributed by atoms with Crippen LogP contribution in [0.25, 0.3) is 6.08 Å². The molecule has 0 fully saturated rings. The Bertz CT molecular complexity index is 1280. The number of hydrogen-bond acceptors (Lipinski definition) is 8. The van der Waals surface area contributed by atoms with Crippen LogP contribution in [0.3, 0.4) is 0 Å². The zero-order chi connectivity index (χ0) is 24.0. The van der Waals surface area contributed by atoms with E-state index in [-0.39, 0.29) is 11.3 Å². The first kappa shape index (κ1) is 23.4. The van der Waals surface area contributed by atoms with E-state index in [4.69, 9.17) is 4.74 Å². The van der Waals surface area contributed by atoms with E-state index in [0.29, 0.717) is 27.1 Å². The van der Waals surface area contributed by atoms with Crippen molar-refractivity contribution in [2.24, 2.45) is 0 Å². The molecule has 0 bridgehead atoms. The SMILES string of the molecule is COc1ccccc1NC(=O)/C(C#N)=C/c1ccc(Sc2nc(C)cc(C)n2)c([N+](=O)[O-])c1. The van der Waals surface area contributed by atoms with Gasteiger partial charge in [-0.25, -0.2) is 9.97 Å². The highest BCUT2D eigenvalue weighted by Crippen LogP contribution is 2.34. The van der Waals surface area contributed by atoms with Crippen LogP contribution in [-0.4, -0.2) is 27.9 Å². The molecule has 0 aliphatic heterocycles. The molecule has 0 aliphatic rings. The number of benzene rings is 2. The van der Waals surface area contributed by atoms with Crippen LogP contribution in [0, 0.1) is 35.3 Å². The topological polar surface area (TPSA) is 131 Å². The third kappa shape index (κ3) is 5.93. The van der Waals surface area contributed by atoms with Crippen LogP contribution in [0.15, 0.2) is 64.2 Å². The van der Waals surface area contributed by atoms with Gasteiger partial charge in [0.05, 0.1) is 22.6 Å². The molecule has 0 aliphatic carbocycles. The minimum absolute atomic E-state index is 0.182. The lowest BCUT2D eigenvalue weighted by atomic mass is 10.1. The molecular formula is C23H19N5O4S. The van der Waals surface area contributed by atoms with Crippen molar-refractivity contribution in [3.8, 4) is 11.8 Å². The minimum atomic E-state index is -0.660. The molecule has 10 heteroatoms. The summed E-state index contributed by atoms with van der Waals surface area (Å²) in [4.78, 5) is 32.7. The molecule has 0 saturated heterocycles. The fourth-order valence-electron chi connectivity index (χ4n) is 2.94. The van der Waals surface area contributed by atoms with Crippen molar-refractivity contribution in [2.45, 2.75) is 23.9 Å². The van der Waals surface area contributed by atoms with E-state index in [0.717, 1.165) is 23.1 Å². The Labute approximate surface area is 194 Å². The summed E-state index contributed by atoms with van der Waals surface area (Å²) in [5, 5.41) is 24.2. The zero-order valence-electron chi connectivity index (χ0n) is 18.0. The summed E-state index contributed by atoms with van der Waals surface area (Å²) in [5.41, 5.74) is 1.85. The second-order valence-corrected chi connectivity index (χ2v) is 7.85. The number of ether oxygens (including phenoxy) is 1. The molecular weight excluding hydrogens is 442 g/mol. The number of nitriles is 1. The van der Waals surface area contributed by atoms with Gasteiger partial charge in [0, 0.05) is 17.5 Å². The molecule has 3 aromatic rings. The summed E-state index contributed by atoms with van der Waals surface area (Å²) in [7, 11) is 1.47. The molecule has 1 aromatic heterocycles. The number of methoxy groups -OCH3 is 1. The summed E-state index contributed by atoms with van der Waals surface area (Å²) in [6.45, 7) is 3.64. The summed E-state index contributed by atoms with van der Waals surface area (Å²) in [5.74, 6) is -0.222. The molecule has 0 unspecified atom stereocenters. The van der Waals surface area contributed by atoms with Crippen LogP contribution in [0.2, 0.25) is 0 Å². The lowest BCUT2D eigenvalue weighted by Crippen LogP contribution is -2.14. The Morgan fingerprint density at radius 3 is 2.52 bits per heavy atom. The number of amides is 1. The lowest BCUT2D eigenvalue weighted by Gasteiger charge is -2.09. The Balaban J connectivity index is 1.90. The molecule has 2 aromatic carbocycles. The first-order chi connectivity index (χ1) is 15.8. The maximum absolute atomic E-state index is 12.6. The Morgan fingerprint density at radius 2 is 1.88 bits per heavy atom. The normalized spacial score (nSPS) is 10.9. The molecule has 1 amide bonds. The van der Waals surface area contributed by atoms with Crippen LogP contribution < -0.4 is 10.1 Å². The molecule has 0 atom stereocenters. The number of aryl methyl sites for hydroxylation is 2. The van der Waals surface area contributed by atoms with Crippen molar-refractivity contribution in [1.82, 2.24) is 9.97 Å². The Morgan fingerprint density at radius 1 is 1.18 bits per heavy atom. The smallest absolute Gasteiger partial charge is 0.283 e. The van der Waals surface area contributed by atoms with Gasteiger partial charge in [-0.15, -0.1) is 0 Å². The van der Waals surface area contributed by atoms with Crippen molar-refractivity contribution in [1.29, 1.82) is 5.26 Å². The highest BCUT2D eigenvalue weighted by Gasteiger charge is 2.18. The van der Waals surface area contributed by atoms with Crippen molar-refractivity contribution in [3.63, 3.8) is 0 Å². The molecule has 1 N–H and O–H groups in total. The largest absolute Gasteiger partial charge is 0.495 e. The molecule has 1 heterocycles. The van der Waals surface area contributed by atoms with Crippen LogP contribution in [0.5, 0.6) is 5.75 Å². The lowest BCUT2D eigenvalue weighted by molar-refractivity contribution is -0.387. The summed E-state index contributed by atoms with van der Waals surface area (Å²) >= 11 is 1.07. The number of rotatable bonds is 7. The quantitative estimate of drug-likeness (QED) is 0.176. The summed E-state index contributed by atoms with van der Waals surface area (Å²) in [6, 6.07) is 14.9. The number of aromatic nitrogens is 2. The van der Waals surface area contributed by atoms with E-state index >= 15 is 0 Å². The number of anilines is 1. The van der Waals surface area contributed by atoms with Crippen LogP contribution in [0.1, 0.15) is 17.0 Å². The van der Waals surface area contributed by atoms with Crippen molar-refractivity contribution < 1.29 is 14.5 Å². The minimum Gasteiger partial charge on any atom is -0.495 e. The second kappa shape index (κ2) is 10.4. The Kier molecular flexibility index (Phi) is 7.38. The van der Waals surface area contributed by atoms with Crippen molar-refractivity contribution in [3.05, 3.63) is 81.2 Å². The molecule has 0 spiro atoms. The predicted molar refractivity (Wildman–Crippen MR) is 124 cm³/mol. The molecule has 3 rings (SSSR count). The van der Waals surface area contributed by atoms with Gasteiger partial charge in [0.25, 0.3) is 11.6 Å². The van der Waals surface area contributed by atoms with Gasteiger partial charge in [-0.05, 0) is 61.5 Å². The number of nitro groups is 1. The van der Waals surface area contributed by atoms with Gasteiger partial charge in [0.15, 0.2) is 5.16 Å². The molecule has 0 saturated carbocycles. The van der Waals surface area contributed by atoms with Crippen LogP contribution in [0.4, 0.5) is 11.4 Å². The molecule has 0 radical (unpaired) electrons. The fourth-order valence-corrected chi connectivity index (χ4v) is 3.89. The number of nitrogens with zero attached hydrogens (tertiary/aromatic N) is 4. The number of hydrogen-bond donors (Lipinski definition) is 1. The third-order valence-electron chi connectivity index (χ3n) is 4.37. The highest BCUT2D eigenvalue weighted by molar-refractivity contribution is 7.99. The van der Waals surface area contributed by atoms with Crippen LogP contribution >= 0.6 is 11.8 Å². The number of carbonyl (C=O) groups excluding carboxylic acids is 1. The predicted octanol–water partition coefficient (Wildman–Crippen LogP) is 4.71. The number of nitrogens with one attached hydrogen (secondary N) is 1. The summed E-state index contributed by atoms with van der Waals surface area (Å²) < 4.78 is 5.19. The second-order valence-electron chi connectivity index (χ2n) is 6.84. The summed E-state index contributed by atoms with van der Waals surface area (Å²) in [6.07, 6.45) is 1.29. The maximum atomic E-state index is 12.6. The fraction of sp³-hybridized carbons (Fsp3) is 0.130.